The first kappa shape index (κ1) is 20.2. The number of carbonyl (C=O) groups excluding carboxylic acids is 1. The molecule has 0 atom stereocenters. The Labute approximate surface area is 158 Å². The van der Waals surface area contributed by atoms with E-state index >= 15 is 0 Å². The summed E-state index contributed by atoms with van der Waals surface area (Å²) in [6.45, 7) is 3.86. The normalized spacial score (nSPS) is 11.6. The first-order valence-corrected chi connectivity index (χ1v) is 9.76. The summed E-state index contributed by atoms with van der Waals surface area (Å²) >= 11 is 5.88. The lowest BCUT2D eigenvalue weighted by Crippen LogP contribution is -2.33. The number of amides is 2. The van der Waals surface area contributed by atoms with Crippen LogP contribution in [0.25, 0.3) is 0 Å². The van der Waals surface area contributed by atoms with E-state index in [-0.39, 0.29) is 22.6 Å². The number of nitrogens with zero attached hydrogens (tertiary/aromatic N) is 2. The molecule has 0 spiro atoms. The molecule has 0 radical (unpaired) electrons. The fraction of sp³-hybridized carbons (Fsp3) is 0.294. The van der Waals surface area contributed by atoms with Gasteiger partial charge in [-0.25, -0.2) is 18.2 Å². The molecule has 2 amide bonds. The van der Waals surface area contributed by atoms with Gasteiger partial charge in [-0.2, -0.15) is 4.31 Å². The van der Waals surface area contributed by atoms with Crippen molar-refractivity contribution in [1.82, 2.24) is 14.6 Å². The molecule has 0 saturated carbocycles. The fourth-order valence-corrected chi connectivity index (χ4v) is 3.59. The third-order valence-corrected chi connectivity index (χ3v) is 6.14. The number of anilines is 1. The monoisotopic (exact) mass is 396 g/mol. The second kappa shape index (κ2) is 8.48. The van der Waals surface area contributed by atoms with Gasteiger partial charge in [-0.1, -0.05) is 23.7 Å². The molecule has 0 saturated heterocycles. The number of carbonyl (C=O) groups is 1. The van der Waals surface area contributed by atoms with Gasteiger partial charge >= 0.3 is 6.03 Å². The average Bonchev–Trinajstić information content (AvgIpc) is 2.61. The van der Waals surface area contributed by atoms with Crippen LogP contribution in [-0.2, 0) is 16.6 Å². The van der Waals surface area contributed by atoms with Crippen molar-refractivity contribution in [2.24, 2.45) is 0 Å². The molecule has 0 aliphatic heterocycles. The lowest BCUT2D eigenvalue weighted by atomic mass is 10.2. The molecule has 0 unspecified atom stereocenters. The van der Waals surface area contributed by atoms with Crippen LogP contribution < -0.4 is 10.6 Å². The maximum absolute atomic E-state index is 12.4. The van der Waals surface area contributed by atoms with E-state index in [4.69, 9.17) is 11.6 Å². The number of benzene rings is 1. The van der Waals surface area contributed by atoms with Crippen molar-refractivity contribution >= 4 is 33.3 Å². The highest BCUT2D eigenvalue weighted by molar-refractivity contribution is 7.89. The molecule has 26 heavy (non-hydrogen) atoms. The van der Waals surface area contributed by atoms with Crippen molar-refractivity contribution in [2.45, 2.75) is 31.3 Å². The third-order valence-electron chi connectivity index (χ3n) is 3.79. The Morgan fingerprint density at radius 3 is 2.46 bits per heavy atom. The lowest BCUT2D eigenvalue weighted by Gasteiger charge is -2.21. The highest BCUT2D eigenvalue weighted by Gasteiger charge is 2.22. The van der Waals surface area contributed by atoms with Crippen LogP contribution in [0.1, 0.15) is 19.4 Å². The minimum absolute atomic E-state index is 0.135. The van der Waals surface area contributed by atoms with E-state index in [1.807, 2.05) is 13.8 Å². The van der Waals surface area contributed by atoms with Gasteiger partial charge in [0.25, 0.3) is 0 Å². The first-order chi connectivity index (χ1) is 12.2. The van der Waals surface area contributed by atoms with Crippen LogP contribution in [0.2, 0.25) is 5.15 Å². The summed E-state index contributed by atoms with van der Waals surface area (Å²) in [4.78, 5) is 16.0. The predicted octanol–water partition coefficient (Wildman–Crippen LogP) is 3.09. The minimum atomic E-state index is -3.52. The number of hydrogen-bond donors (Lipinski definition) is 2. The number of aromatic nitrogens is 1. The second-order valence-corrected chi connectivity index (χ2v) is 8.26. The van der Waals surface area contributed by atoms with Gasteiger partial charge in [-0.05, 0) is 43.7 Å². The summed E-state index contributed by atoms with van der Waals surface area (Å²) in [5.41, 5.74) is 1.17. The summed E-state index contributed by atoms with van der Waals surface area (Å²) < 4.78 is 26.1. The molecule has 140 valence electrons. The fourth-order valence-electron chi connectivity index (χ4n) is 2.05. The zero-order valence-corrected chi connectivity index (χ0v) is 16.3. The van der Waals surface area contributed by atoms with E-state index in [0.717, 1.165) is 5.56 Å². The van der Waals surface area contributed by atoms with E-state index in [9.17, 15) is 13.2 Å². The van der Waals surface area contributed by atoms with Gasteiger partial charge in [0.1, 0.15) is 0 Å². The van der Waals surface area contributed by atoms with Crippen LogP contribution in [0.15, 0.2) is 47.5 Å². The van der Waals surface area contributed by atoms with Crippen LogP contribution in [-0.4, -0.2) is 36.8 Å². The predicted molar refractivity (Wildman–Crippen MR) is 102 cm³/mol. The topological polar surface area (TPSA) is 91.4 Å². The summed E-state index contributed by atoms with van der Waals surface area (Å²) in [7, 11) is -1.97. The Balaban J connectivity index is 1.97. The highest BCUT2D eigenvalue weighted by atomic mass is 35.5. The zero-order valence-electron chi connectivity index (χ0n) is 14.7. The smallest absolute Gasteiger partial charge is 0.319 e. The molecule has 0 aliphatic rings. The molecule has 1 aromatic carbocycles. The average molecular weight is 397 g/mol. The van der Waals surface area contributed by atoms with Gasteiger partial charge in [-0.15, -0.1) is 0 Å². The molecule has 1 heterocycles. The molecule has 2 aromatic rings. The molecule has 9 heteroatoms. The van der Waals surface area contributed by atoms with Gasteiger partial charge in [0.15, 0.2) is 5.15 Å². The van der Waals surface area contributed by atoms with Crippen LogP contribution in [0.5, 0.6) is 0 Å². The summed E-state index contributed by atoms with van der Waals surface area (Å²) in [6.07, 6.45) is 1.53. The van der Waals surface area contributed by atoms with Crippen molar-refractivity contribution in [3.63, 3.8) is 0 Å². The zero-order chi connectivity index (χ0) is 19.3. The lowest BCUT2D eigenvalue weighted by molar-refractivity contribution is 0.251. The number of sulfonamides is 1. The van der Waals surface area contributed by atoms with Crippen LogP contribution >= 0.6 is 11.6 Å². The summed E-state index contributed by atoms with van der Waals surface area (Å²) in [5.74, 6) is 0. The maximum Gasteiger partial charge on any atom is 0.319 e. The van der Waals surface area contributed by atoms with Crippen molar-refractivity contribution in [1.29, 1.82) is 0 Å². The molecule has 2 N–H and O–H groups in total. The van der Waals surface area contributed by atoms with Gasteiger partial charge in [-0.3, -0.25) is 0 Å². The third kappa shape index (κ3) is 4.94. The SMILES string of the molecule is CC(C)N(C)S(=O)(=O)c1ccc(CNC(=O)Nc2cccnc2Cl)cc1. The van der Waals surface area contributed by atoms with Crippen molar-refractivity contribution in [3.05, 3.63) is 53.3 Å². The van der Waals surface area contributed by atoms with Crippen LogP contribution in [0.3, 0.4) is 0 Å². The number of halogens is 1. The van der Waals surface area contributed by atoms with Gasteiger partial charge < -0.3 is 10.6 Å². The van der Waals surface area contributed by atoms with Crippen molar-refractivity contribution in [2.75, 3.05) is 12.4 Å². The Bertz CT molecular complexity index is 870. The highest BCUT2D eigenvalue weighted by Crippen LogP contribution is 2.18. The number of hydrogen-bond acceptors (Lipinski definition) is 4. The first-order valence-electron chi connectivity index (χ1n) is 7.94. The molecular weight excluding hydrogens is 376 g/mol. The van der Waals surface area contributed by atoms with Crippen LogP contribution in [0.4, 0.5) is 10.5 Å². The van der Waals surface area contributed by atoms with Gasteiger partial charge in [0, 0.05) is 25.8 Å². The van der Waals surface area contributed by atoms with E-state index in [0.29, 0.717) is 5.69 Å². The largest absolute Gasteiger partial charge is 0.334 e. The van der Waals surface area contributed by atoms with Crippen LogP contribution in [0, 0.1) is 0 Å². The number of pyridine rings is 1. The van der Waals surface area contributed by atoms with E-state index < -0.39 is 16.1 Å². The number of urea groups is 1. The van der Waals surface area contributed by atoms with Crippen molar-refractivity contribution in [3.8, 4) is 0 Å². The number of rotatable bonds is 6. The van der Waals surface area contributed by atoms with E-state index in [1.54, 1.807) is 31.3 Å². The Morgan fingerprint density at radius 1 is 1.23 bits per heavy atom. The molecule has 0 aliphatic carbocycles. The van der Waals surface area contributed by atoms with Crippen molar-refractivity contribution < 1.29 is 13.2 Å². The van der Waals surface area contributed by atoms with E-state index in [2.05, 4.69) is 15.6 Å². The number of nitrogens with one attached hydrogen (secondary N) is 2. The maximum atomic E-state index is 12.4. The Kier molecular flexibility index (Phi) is 6.57. The molecule has 0 fully saturated rings. The quantitative estimate of drug-likeness (QED) is 0.734. The molecular formula is C17H21ClN4O3S. The molecule has 7 nitrogen and oxygen atoms in total. The van der Waals surface area contributed by atoms with Gasteiger partial charge in [0.2, 0.25) is 10.0 Å². The van der Waals surface area contributed by atoms with E-state index in [1.165, 1.54) is 22.6 Å². The minimum Gasteiger partial charge on any atom is -0.334 e. The summed E-state index contributed by atoms with van der Waals surface area (Å²) in [6, 6.07) is 9.12. The Morgan fingerprint density at radius 2 is 1.88 bits per heavy atom. The molecule has 0 bridgehead atoms. The Hall–Kier alpha value is -2.16. The standard InChI is InChI=1S/C17H21ClN4O3S/c1-12(2)22(3)26(24,25)14-8-6-13(7-9-14)11-20-17(23)21-15-5-4-10-19-16(15)18/h4-10,12H,11H2,1-3H3,(H2,20,21,23). The molecule has 1 aromatic heterocycles. The second-order valence-electron chi connectivity index (χ2n) is 5.91. The molecule has 2 rings (SSSR count). The van der Waals surface area contributed by atoms with Gasteiger partial charge in [0.05, 0.1) is 10.6 Å². The summed E-state index contributed by atoms with van der Waals surface area (Å²) in [5, 5.41) is 5.47.